The van der Waals surface area contributed by atoms with Crippen molar-refractivity contribution in [1.29, 1.82) is 5.41 Å². The van der Waals surface area contributed by atoms with Crippen LogP contribution in [-0.2, 0) is 0 Å². The number of alkyl halides is 5. The van der Waals surface area contributed by atoms with Crippen LogP contribution >= 0.6 is 0 Å². The van der Waals surface area contributed by atoms with Crippen molar-refractivity contribution in [2.24, 2.45) is 5.73 Å². The van der Waals surface area contributed by atoms with Crippen LogP contribution in [0.5, 0.6) is 0 Å². The summed E-state index contributed by atoms with van der Waals surface area (Å²) < 4.78 is 62.4. The summed E-state index contributed by atoms with van der Waals surface area (Å²) in [5.41, 5.74) is 6.47. The molecule has 0 saturated heterocycles. The first-order valence-electron chi connectivity index (χ1n) is 8.38. The average molecular weight is 415 g/mol. The highest BCUT2D eigenvalue weighted by Crippen LogP contribution is 2.29. The Morgan fingerprint density at radius 2 is 2.03 bits per heavy atom. The number of nitrogens with zero attached hydrogens (tertiary/aromatic N) is 1. The summed E-state index contributed by atoms with van der Waals surface area (Å²) in [6, 6.07) is 4.67. The minimum absolute atomic E-state index is 0.00279. The Bertz CT molecular complexity index is 927. The van der Waals surface area contributed by atoms with Crippen molar-refractivity contribution < 1.29 is 26.7 Å². The fraction of sp³-hybridized carbons (Fsp3) is 0.278. The van der Waals surface area contributed by atoms with Gasteiger partial charge in [0.15, 0.2) is 0 Å². The normalized spacial score (nSPS) is 12.3. The zero-order valence-corrected chi connectivity index (χ0v) is 15.0. The van der Waals surface area contributed by atoms with E-state index in [2.05, 4.69) is 15.6 Å². The molecule has 1 aromatic heterocycles. The van der Waals surface area contributed by atoms with Gasteiger partial charge in [0.2, 0.25) is 0 Å². The van der Waals surface area contributed by atoms with Crippen molar-refractivity contribution in [1.82, 2.24) is 10.3 Å². The van der Waals surface area contributed by atoms with Crippen LogP contribution in [-0.4, -0.2) is 42.8 Å². The lowest BCUT2D eigenvalue weighted by Crippen LogP contribution is -2.29. The van der Waals surface area contributed by atoms with Gasteiger partial charge < -0.3 is 21.8 Å². The number of nitrogens with two attached hydrogens (primary N) is 1. The van der Waals surface area contributed by atoms with E-state index in [4.69, 9.17) is 11.1 Å². The van der Waals surface area contributed by atoms with Gasteiger partial charge in [0.1, 0.15) is 0 Å². The van der Waals surface area contributed by atoms with Gasteiger partial charge in [-0.05, 0) is 17.7 Å². The Labute approximate surface area is 162 Å². The molecule has 0 unspecified atom stereocenters. The van der Waals surface area contributed by atoms with Gasteiger partial charge in [-0.1, -0.05) is 6.07 Å². The van der Waals surface area contributed by atoms with Crippen LogP contribution in [0.3, 0.4) is 0 Å². The van der Waals surface area contributed by atoms with Gasteiger partial charge in [-0.3, -0.25) is 9.78 Å². The number of hydrogen-bond donors (Lipinski definition) is 4. The van der Waals surface area contributed by atoms with E-state index in [-0.39, 0.29) is 16.6 Å². The van der Waals surface area contributed by atoms with E-state index in [9.17, 15) is 26.7 Å². The third-order valence-corrected chi connectivity index (χ3v) is 3.91. The number of amides is 1. The van der Waals surface area contributed by atoms with Gasteiger partial charge >= 0.3 is 6.18 Å². The van der Waals surface area contributed by atoms with Crippen LogP contribution in [0.2, 0.25) is 0 Å². The maximum atomic E-state index is 12.7. The molecule has 156 valence electrons. The van der Waals surface area contributed by atoms with Crippen molar-refractivity contribution >= 4 is 34.3 Å². The topological polar surface area (TPSA) is 104 Å². The molecule has 0 saturated carbocycles. The van der Waals surface area contributed by atoms with Crippen molar-refractivity contribution in [3.63, 3.8) is 0 Å². The minimum atomic E-state index is -4.45. The number of halogens is 5. The summed E-state index contributed by atoms with van der Waals surface area (Å²) in [5.74, 6) is -0.882. The molecule has 1 aromatic carbocycles. The van der Waals surface area contributed by atoms with E-state index in [1.54, 1.807) is 12.1 Å². The standard InChI is InChI=1S/C18H18F5N5O/c19-15(20)9-28-16-12-5-10(11(6-24)7-25)1-2-14(12)27-8-13(16)17(29)26-4-3-18(21,22)23/h1-2,5-8,15,24H,3-4,9,25H2,(H,26,29)(H,27,28)/b11-7+,24-6?. The third-order valence-electron chi connectivity index (χ3n) is 3.91. The fourth-order valence-electron chi connectivity index (χ4n) is 2.55. The number of pyridine rings is 1. The molecule has 0 aliphatic carbocycles. The lowest BCUT2D eigenvalue weighted by Gasteiger charge is -2.16. The summed E-state index contributed by atoms with van der Waals surface area (Å²) in [7, 11) is 0. The first-order chi connectivity index (χ1) is 13.7. The molecule has 2 aromatic rings. The van der Waals surface area contributed by atoms with Gasteiger partial charge in [-0.2, -0.15) is 13.2 Å². The molecule has 0 fully saturated rings. The first kappa shape index (κ1) is 22.1. The summed E-state index contributed by atoms with van der Waals surface area (Å²) in [4.78, 5) is 16.4. The lowest BCUT2D eigenvalue weighted by molar-refractivity contribution is -0.132. The van der Waals surface area contributed by atoms with Gasteiger partial charge in [0.25, 0.3) is 12.3 Å². The van der Waals surface area contributed by atoms with Crippen LogP contribution in [0.15, 0.2) is 30.6 Å². The molecule has 1 heterocycles. The smallest absolute Gasteiger partial charge is 0.390 e. The Balaban J connectivity index is 2.48. The molecule has 0 spiro atoms. The van der Waals surface area contributed by atoms with E-state index >= 15 is 0 Å². The average Bonchev–Trinajstić information content (AvgIpc) is 2.65. The number of aromatic nitrogens is 1. The largest absolute Gasteiger partial charge is 0.404 e. The first-order valence-corrected chi connectivity index (χ1v) is 8.38. The Kier molecular flexibility index (Phi) is 7.08. The summed E-state index contributed by atoms with van der Waals surface area (Å²) in [6.45, 7) is -1.45. The fourth-order valence-corrected chi connectivity index (χ4v) is 2.55. The SMILES string of the molecule is N=C/C(=C\N)c1ccc2ncc(C(=O)NCCC(F)(F)F)c(NCC(F)F)c2c1. The molecule has 2 rings (SSSR count). The van der Waals surface area contributed by atoms with Crippen molar-refractivity contribution in [3.8, 4) is 0 Å². The predicted molar refractivity (Wildman–Crippen MR) is 100 cm³/mol. The molecule has 0 atom stereocenters. The maximum absolute atomic E-state index is 12.7. The highest BCUT2D eigenvalue weighted by Gasteiger charge is 2.27. The molecular formula is C18H18F5N5O. The van der Waals surface area contributed by atoms with E-state index < -0.39 is 38.0 Å². The molecule has 1 amide bonds. The van der Waals surface area contributed by atoms with Crippen LogP contribution < -0.4 is 16.4 Å². The second-order valence-electron chi connectivity index (χ2n) is 5.94. The number of anilines is 1. The highest BCUT2D eigenvalue weighted by atomic mass is 19.4. The van der Waals surface area contributed by atoms with Crippen LogP contribution in [0.4, 0.5) is 27.6 Å². The van der Waals surface area contributed by atoms with Gasteiger partial charge in [-0.15, -0.1) is 0 Å². The second-order valence-corrected chi connectivity index (χ2v) is 5.94. The summed E-state index contributed by atoms with van der Waals surface area (Å²) in [5, 5.41) is 12.2. The van der Waals surface area contributed by atoms with Crippen molar-refractivity contribution in [2.45, 2.75) is 19.0 Å². The van der Waals surface area contributed by atoms with Crippen molar-refractivity contribution in [2.75, 3.05) is 18.4 Å². The molecule has 11 heteroatoms. The number of fused-ring (bicyclic) bond motifs is 1. The third kappa shape index (κ3) is 5.87. The highest BCUT2D eigenvalue weighted by molar-refractivity contribution is 6.11. The van der Waals surface area contributed by atoms with E-state index in [0.29, 0.717) is 16.7 Å². The maximum Gasteiger partial charge on any atom is 0.390 e. The predicted octanol–water partition coefficient (Wildman–Crippen LogP) is 3.54. The number of carbonyl (C=O) groups excluding carboxylic acids is 1. The molecule has 0 radical (unpaired) electrons. The lowest BCUT2D eigenvalue weighted by atomic mass is 10.0. The van der Waals surface area contributed by atoms with E-state index in [1.165, 1.54) is 12.3 Å². The molecule has 29 heavy (non-hydrogen) atoms. The number of hydrogen-bond acceptors (Lipinski definition) is 5. The van der Waals surface area contributed by atoms with Gasteiger partial charge in [0.05, 0.1) is 29.7 Å². The number of allylic oxidation sites excluding steroid dienone is 1. The van der Waals surface area contributed by atoms with Crippen molar-refractivity contribution in [3.05, 3.63) is 41.7 Å². The van der Waals surface area contributed by atoms with Crippen LogP contribution in [0.1, 0.15) is 22.3 Å². The zero-order chi connectivity index (χ0) is 21.6. The number of carbonyl (C=O) groups is 1. The summed E-state index contributed by atoms with van der Waals surface area (Å²) in [6.07, 6.45) is -5.12. The monoisotopic (exact) mass is 415 g/mol. The van der Waals surface area contributed by atoms with Crippen LogP contribution in [0, 0.1) is 5.41 Å². The second kappa shape index (κ2) is 9.30. The van der Waals surface area contributed by atoms with Crippen LogP contribution in [0.25, 0.3) is 16.5 Å². The molecule has 6 nitrogen and oxygen atoms in total. The number of rotatable bonds is 8. The van der Waals surface area contributed by atoms with Gasteiger partial charge in [0, 0.05) is 36.1 Å². The molecule has 0 aliphatic rings. The zero-order valence-electron chi connectivity index (χ0n) is 15.0. The quantitative estimate of drug-likeness (QED) is 0.391. The molecular weight excluding hydrogens is 397 g/mol. The molecule has 5 N–H and O–H groups in total. The minimum Gasteiger partial charge on any atom is -0.404 e. The summed E-state index contributed by atoms with van der Waals surface area (Å²) >= 11 is 0. The Morgan fingerprint density at radius 1 is 1.31 bits per heavy atom. The van der Waals surface area contributed by atoms with E-state index in [1.807, 2.05) is 0 Å². The van der Waals surface area contributed by atoms with Gasteiger partial charge in [-0.25, -0.2) is 8.78 Å². The number of benzene rings is 1. The molecule has 0 bridgehead atoms. The Morgan fingerprint density at radius 3 is 2.62 bits per heavy atom. The van der Waals surface area contributed by atoms with E-state index in [0.717, 1.165) is 12.4 Å². The number of nitrogens with one attached hydrogen (secondary N) is 3. The molecule has 0 aliphatic heterocycles. The Hall–Kier alpha value is -3.24.